The largest absolute Gasteiger partial charge is 0.292 e. The van der Waals surface area contributed by atoms with Gasteiger partial charge in [-0.1, -0.05) is 65.3 Å². The Hall–Kier alpha value is -1.45. The Morgan fingerprint density at radius 3 is 2.29 bits per heavy atom. The van der Waals surface area contributed by atoms with Gasteiger partial charge in [0.1, 0.15) is 0 Å². The van der Waals surface area contributed by atoms with Gasteiger partial charge < -0.3 is 0 Å². The van der Waals surface area contributed by atoms with Gasteiger partial charge in [-0.3, -0.25) is 9.69 Å². The van der Waals surface area contributed by atoms with Crippen molar-refractivity contribution in [3.8, 4) is 0 Å². The molecule has 0 bridgehead atoms. The minimum absolute atomic E-state index is 0.128. The van der Waals surface area contributed by atoms with E-state index in [-0.39, 0.29) is 11.8 Å². The number of rotatable bonds is 6. The van der Waals surface area contributed by atoms with Crippen LogP contribution in [-0.4, -0.2) is 23.3 Å². The molecular weight excluding hydrogens is 326 g/mol. The first kappa shape index (κ1) is 15.9. The van der Waals surface area contributed by atoms with Crippen LogP contribution >= 0.6 is 15.9 Å². The lowest BCUT2D eigenvalue weighted by Gasteiger charge is -2.27. The Labute approximate surface area is 134 Å². The Kier molecular flexibility index (Phi) is 5.71. The molecule has 0 fully saturated rings. The maximum atomic E-state index is 12.6. The quantitative estimate of drug-likeness (QED) is 0.716. The van der Waals surface area contributed by atoms with E-state index in [1.165, 1.54) is 5.56 Å². The molecule has 2 aromatic rings. The summed E-state index contributed by atoms with van der Waals surface area (Å²) in [5.41, 5.74) is 1.99. The van der Waals surface area contributed by atoms with Gasteiger partial charge in [-0.2, -0.15) is 0 Å². The number of nitrogens with zero attached hydrogens (tertiary/aromatic N) is 1. The molecular formula is C18H20BrNO. The third kappa shape index (κ3) is 4.26. The minimum atomic E-state index is -0.128. The van der Waals surface area contributed by atoms with Gasteiger partial charge in [-0.15, -0.1) is 0 Å². The summed E-state index contributed by atoms with van der Waals surface area (Å²) in [5, 5.41) is 0. The van der Waals surface area contributed by atoms with Gasteiger partial charge >= 0.3 is 0 Å². The summed E-state index contributed by atoms with van der Waals surface area (Å²) in [6, 6.07) is 17.7. The molecule has 1 atom stereocenters. The normalized spacial score (nSPS) is 12.4. The van der Waals surface area contributed by atoms with E-state index in [4.69, 9.17) is 0 Å². The monoisotopic (exact) mass is 345 g/mol. The van der Waals surface area contributed by atoms with Crippen LogP contribution in [0.1, 0.15) is 29.8 Å². The van der Waals surface area contributed by atoms with Gasteiger partial charge in [0.15, 0.2) is 5.78 Å². The first-order chi connectivity index (χ1) is 10.1. The number of likely N-dealkylation sites (N-methyl/N-ethyl adjacent to an activating group) is 1. The van der Waals surface area contributed by atoms with Crippen molar-refractivity contribution in [3.63, 3.8) is 0 Å². The molecule has 110 valence electrons. The number of ketones is 1. The topological polar surface area (TPSA) is 20.3 Å². The highest BCUT2D eigenvalue weighted by Gasteiger charge is 2.21. The number of hydrogen-bond acceptors (Lipinski definition) is 2. The number of carbonyl (C=O) groups excluding carboxylic acids is 1. The lowest BCUT2D eigenvalue weighted by Crippen LogP contribution is -2.38. The molecule has 21 heavy (non-hydrogen) atoms. The second kappa shape index (κ2) is 7.53. The summed E-state index contributed by atoms with van der Waals surface area (Å²) in [6.45, 7) is 5.71. The maximum absolute atomic E-state index is 12.6. The number of hydrogen-bond donors (Lipinski definition) is 0. The zero-order valence-electron chi connectivity index (χ0n) is 12.4. The molecule has 3 heteroatoms. The maximum Gasteiger partial charge on any atom is 0.179 e. The molecule has 0 aliphatic rings. The Bertz CT molecular complexity index is 580. The Morgan fingerprint density at radius 1 is 1.10 bits per heavy atom. The first-order valence-electron chi connectivity index (χ1n) is 7.19. The van der Waals surface area contributed by atoms with E-state index >= 15 is 0 Å². The fourth-order valence-corrected chi connectivity index (χ4v) is 2.63. The van der Waals surface area contributed by atoms with Crippen LogP contribution in [0.3, 0.4) is 0 Å². The Balaban J connectivity index is 2.10. The molecule has 2 rings (SSSR count). The lowest BCUT2D eigenvalue weighted by atomic mass is 10.0. The smallest absolute Gasteiger partial charge is 0.179 e. The standard InChI is InChI=1S/C18H20BrNO/c1-3-20(13-15-7-5-4-6-8-15)14(2)18(21)16-9-11-17(19)12-10-16/h4-12,14H,3,13H2,1-2H3. The van der Waals surface area contributed by atoms with E-state index < -0.39 is 0 Å². The van der Waals surface area contributed by atoms with E-state index in [9.17, 15) is 4.79 Å². The average Bonchev–Trinajstić information content (AvgIpc) is 2.53. The highest BCUT2D eigenvalue weighted by molar-refractivity contribution is 9.10. The molecule has 2 aromatic carbocycles. The molecule has 0 saturated heterocycles. The molecule has 0 N–H and O–H groups in total. The molecule has 2 nitrogen and oxygen atoms in total. The van der Waals surface area contributed by atoms with Crippen molar-refractivity contribution in [2.75, 3.05) is 6.54 Å². The molecule has 0 radical (unpaired) electrons. The summed E-state index contributed by atoms with van der Waals surface area (Å²) in [7, 11) is 0. The minimum Gasteiger partial charge on any atom is -0.292 e. The van der Waals surface area contributed by atoms with Crippen molar-refractivity contribution in [1.82, 2.24) is 4.90 Å². The van der Waals surface area contributed by atoms with Crippen LogP contribution in [0.4, 0.5) is 0 Å². The van der Waals surface area contributed by atoms with Gasteiger partial charge in [0.05, 0.1) is 6.04 Å². The third-order valence-corrected chi connectivity index (χ3v) is 4.22. The Morgan fingerprint density at radius 2 is 1.71 bits per heavy atom. The van der Waals surface area contributed by atoms with Gasteiger partial charge in [0.25, 0.3) is 0 Å². The highest BCUT2D eigenvalue weighted by Crippen LogP contribution is 2.15. The van der Waals surface area contributed by atoms with Crippen LogP contribution in [0.5, 0.6) is 0 Å². The summed E-state index contributed by atoms with van der Waals surface area (Å²) in [5.74, 6) is 0.167. The zero-order valence-corrected chi connectivity index (χ0v) is 14.0. The highest BCUT2D eigenvalue weighted by atomic mass is 79.9. The van der Waals surface area contributed by atoms with E-state index in [1.54, 1.807) is 0 Å². The van der Waals surface area contributed by atoms with Crippen LogP contribution in [0.15, 0.2) is 59.1 Å². The lowest BCUT2D eigenvalue weighted by molar-refractivity contribution is 0.0835. The van der Waals surface area contributed by atoms with Crippen molar-refractivity contribution in [3.05, 3.63) is 70.2 Å². The molecule has 0 saturated carbocycles. The molecule has 0 heterocycles. The predicted molar refractivity (Wildman–Crippen MR) is 90.5 cm³/mol. The van der Waals surface area contributed by atoms with Gasteiger partial charge in [-0.05, 0) is 31.2 Å². The average molecular weight is 346 g/mol. The second-order valence-corrected chi connectivity index (χ2v) is 6.01. The summed E-state index contributed by atoms with van der Waals surface area (Å²) in [4.78, 5) is 14.8. The van der Waals surface area contributed by atoms with Crippen LogP contribution in [0.25, 0.3) is 0 Å². The predicted octanol–water partition coefficient (Wildman–Crippen LogP) is 4.54. The molecule has 0 amide bonds. The van der Waals surface area contributed by atoms with Crippen LogP contribution in [0.2, 0.25) is 0 Å². The van der Waals surface area contributed by atoms with E-state index in [2.05, 4.69) is 39.9 Å². The number of carbonyl (C=O) groups is 1. The SMILES string of the molecule is CCN(Cc1ccccc1)C(C)C(=O)c1ccc(Br)cc1. The molecule has 0 aromatic heterocycles. The van der Waals surface area contributed by atoms with Gasteiger partial charge in [0, 0.05) is 16.6 Å². The number of halogens is 1. The molecule has 0 aliphatic carbocycles. The van der Waals surface area contributed by atoms with Crippen molar-refractivity contribution >= 4 is 21.7 Å². The summed E-state index contributed by atoms with van der Waals surface area (Å²) < 4.78 is 0.989. The van der Waals surface area contributed by atoms with Crippen molar-refractivity contribution < 1.29 is 4.79 Å². The molecule has 1 unspecified atom stereocenters. The third-order valence-electron chi connectivity index (χ3n) is 3.69. The fraction of sp³-hybridized carbons (Fsp3) is 0.278. The fourth-order valence-electron chi connectivity index (χ4n) is 2.36. The van der Waals surface area contributed by atoms with Crippen molar-refractivity contribution in [2.24, 2.45) is 0 Å². The van der Waals surface area contributed by atoms with Gasteiger partial charge in [0.2, 0.25) is 0 Å². The zero-order chi connectivity index (χ0) is 15.2. The van der Waals surface area contributed by atoms with E-state index in [0.717, 1.165) is 23.1 Å². The van der Waals surface area contributed by atoms with Crippen molar-refractivity contribution in [2.45, 2.75) is 26.4 Å². The summed E-state index contributed by atoms with van der Waals surface area (Å²) >= 11 is 3.40. The first-order valence-corrected chi connectivity index (χ1v) is 7.99. The number of benzene rings is 2. The second-order valence-electron chi connectivity index (χ2n) is 5.10. The van der Waals surface area contributed by atoms with Crippen molar-refractivity contribution in [1.29, 1.82) is 0 Å². The van der Waals surface area contributed by atoms with Gasteiger partial charge in [-0.25, -0.2) is 0 Å². The van der Waals surface area contributed by atoms with Crippen LogP contribution in [0, 0.1) is 0 Å². The van der Waals surface area contributed by atoms with E-state index in [1.807, 2.05) is 49.4 Å². The molecule has 0 aliphatic heterocycles. The number of Topliss-reactive ketones (excluding diaryl/α,β-unsaturated/α-hetero) is 1. The van der Waals surface area contributed by atoms with Crippen LogP contribution < -0.4 is 0 Å². The van der Waals surface area contributed by atoms with Crippen LogP contribution in [-0.2, 0) is 6.54 Å². The van der Waals surface area contributed by atoms with E-state index in [0.29, 0.717) is 0 Å². The summed E-state index contributed by atoms with van der Waals surface area (Å²) in [6.07, 6.45) is 0. The molecule has 0 spiro atoms.